The number of aryl methyl sites for hydroxylation is 2. The van der Waals surface area contributed by atoms with Gasteiger partial charge in [0.2, 0.25) is 0 Å². The van der Waals surface area contributed by atoms with Crippen molar-refractivity contribution in [1.82, 2.24) is 9.38 Å². The highest BCUT2D eigenvalue weighted by atomic mass is 79.9. The van der Waals surface area contributed by atoms with Crippen molar-refractivity contribution in [2.24, 2.45) is 0 Å². The molecule has 130 valence electrons. The summed E-state index contributed by atoms with van der Waals surface area (Å²) in [5, 5.41) is 4.91. The van der Waals surface area contributed by atoms with Gasteiger partial charge in [0.05, 0.1) is 10.6 Å². The smallest absolute Gasteiger partial charge is 0.265 e. The Morgan fingerprint density at radius 3 is 2.81 bits per heavy atom. The topological polar surface area (TPSA) is 46.4 Å². The molecule has 1 N–H and O–H groups in total. The molecule has 6 heteroatoms. The van der Waals surface area contributed by atoms with Crippen LogP contribution in [0, 0.1) is 13.8 Å². The summed E-state index contributed by atoms with van der Waals surface area (Å²) in [6.45, 7) is 4.04. The van der Waals surface area contributed by atoms with Gasteiger partial charge in [0, 0.05) is 33.5 Å². The van der Waals surface area contributed by atoms with Crippen LogP contribution in [0.15, 0.2) is 58.6 Å². The van der Waals surface area contributed by atoms with Gasteiger partial charge in [0.25, 0.3) is 5.91 Å². The zero-order valence-electron chi connectivity index (χ0n) is 14.3. The third kappa shape index (κ3) is 3.30. The lowest BCUT2D eigenvalue weighted by atomic mass is 10.1. The first-order valence-corrected chi connectivity index (χ1v) is 9.78. The van der Waals surface area contributed by atoms with Gasteiger partial charge in [-0.25, -0.2) is 4.98 Å². The first kappa shape index (κ1) is 17.0. The van der Waals surface area contributed by atoms with Crippen LogP contribution < -0.4 is 5.32 Å². The fraction of sp³-hybridized carbons (Fsp3) is 0.100. The molecule has 0 fully saturated rings. The highest BCUT2D eigenvalue weighted by molar-refractivity contribution is 9.10. The molecule has 0 bridgehead atoms. The van der Waals surface area contributed by atoms with Gasteiger partial charge in [-0.05, 0) is 65.2 Å². The molecule has 0 aliphatic rings. The van der Waals surface area contributed by atoms with E-state index in [1.807, 2.05) is 53.4 Å². The fourth-order valence-electron chi connectivity index (χ4n) is 2.75. The van der Waals surface area contributed by atoms with Crippen molar-refractivity contribution < 1.29 is 4.79 Å². The molecule has 3 aromatic heterocycles. The number of carbonyl (C=O) groups is 1. The van der Waals surface area contributed by atoms with Crippen molar-refractivity contribution in [3.05, 3.63) is 74.6 Å². The van der Waals surface area contributed by atoms with Gasteiger partial charge < -0.3 is 9.72 Å². The Hall–Kier alpha value is -2.44. The summed E-state index contributed by atoms with van der Waals surface area (Å²) in [7, 11) is 0. The number of rotatable bonds is 3. The van der Waals surface area contributed by atoms with E-state index in [4.69, 9.17) is 4.98 Å². The van der Waals surface area contributed by atoms with E-state index in [2.05, 4.69) is 40.3 Å². The van der Waals surface area contributed by atoms with E-state index in [9.17, 15) is 4.79 Å². The van der Waals surface area contributed by atoms with Crippen LogP contribution in [0.5, 0.6) is 0 Å². The predicted octanol–water partition coefficient (Wildman–Crippen LogP) is 5.69. The standard InChI is InChI=1S/C20H16BrN3OS/c1-12-5-6-24-10-17(22-19(24)7-12)14-4-3-13(2)16(8-14)23-20(25)18-9-15(21)11-26-18/h3-11H,1-2H3,(H,23,25). The molecule has 0 spiro atoms. The summed E-state index contributed by atoms with van der Waals surface area (Å²) in [5.74, 6) is -0.105. The zero-order chi connectivity index (χ0) is 18.3. The normalized spacial score (nSPS) is 11.0. The van der Waals surface area contributed by atoms with Crippen LogP contribution in [-0.2, 0) is 0 Å². The second-order valence-corrected chi connectivity index (χ2v) is 8.04. The lowest BCUT2D eigenvalue weighted by molar-refractivity contribution is 0.103. The maximum Gasteiger partial charge on any atom is 0.265 e. The summed E-state index contributed by atoms with van der Waals surface area (Å²) in [6.07, 6.45) is 4.01. The van der Waals surface area contributed by atoms with Gasteiger partial charge in [-0.2, -0.15) is 0 Å². The number of halogens is 1. The molecule has 0 saturated carbocycles. The van der Waals surface area contributed by atoms with E-state index in [-0.39, 0.29) is 5.91 Å². The summed E-state index contributed by atoms with van der Waals surface area (Å²) in [4.78, 5) is 17.8. The van der Waals surface area contributed by atoms with E-state index < -0.39 is 0 Å². The SMILES string of the molecule is Cc1ccn2cc(-c3ccc(C)c(NC(=O)c4cc(Br)cs4)c3)nc2c1. The molecule has 4 nitrogen and oxygen atoms in total. The number of carbonyl (C=O) groups excluding carboxylic acids is 1. The van der Waals surface area contributed by atoms with Gasteiger partial charge in [-0.1, -0.05) is 12.1 Å². The number of amides is 1. The number of nitrogens with zero attached hydrogens (tertiary/aromatic N) is 2. The quantitative estimate of drug-likeness (QED) is 0.457. The molecular formula is C20H16BrN3OS. The van der Waals surface area contributed by atoms with Crippen molar-refractivity contribution in [2.75, 3.05) is 5.32 Å². The average molecular weight is 426 g/mol. The minimum atomic E-state index is -0.105. The van der Waals surface area contributed by atoms with Gasteiger partial charge in [0.15, 0.2) is 0 Å². The van der Waals surface area contributed by atoms with Gasteiger partial charge in [0.1, 0.15) is 5.65 Å². The molecule has 4 aromatic rings. The predicted molar refractivity (Wildman–Crippen MR) is 110 cm³/mol. The number of pyridine rings is 1. The molecule has 0 unspecified atom stereocenters. The Kier molecular flexibility index (Phi) is 4.38. The van der Waals surface area contributed by atoms with Crippen molar-refractivity contribution in [2.45, 2.75) is 13.8 Å². The van der Waals surface area contributed by atoms with E-state index in [1.54, 1.807) is 0 Å². The monoisotopic (exact) mass is 425 g/mol. The first-order valence-electron chi connectivity index (χ1n) is 8.11. The van der Waals surface area contributed by atoms with Crippen LogP contribution in [0.4, 0.5) is 5.69 Å². The molecule has 0 aliphatic heterocycles. The molecule has 0 saturated heterocycles. The van der Waals surface area contributed by atoms with Crippen LogP contribution in [-0.4, -0.2) is 15.3 Å². The molecule has 3 heterocycles. The van der Waals surface area contributed by atoms with Crippen LogP contribution in [0.1, 0.15) is 20.8 Å². The molecular weight excluding hydrogens is 410 g/mol. The van der Waals surface area contributed by atoms with Gasteiger partial charge >= 0.3 is 0 Å². The van der Waals surface area contributed by atoms with Crippen molar-refractivity contribution in [1.29, 1.82) is 0 Å². The highest BCUT2D eigenvalue weighted by Gasteiger charge is 2.12. The Bertz CT molecular complexity index is 1130. The van der Waals surface area contributed by atoms with E-state index in [1.165, 1.54) is 16.9 Å². The molecule has 0 aliphatic carbocycles. The summed E-state index contributed by atoms with van der Waals surface area (Å²) >= 11 is 4.80. The highest BCUT2D eigenvalue weighted by Crippen LogP contribution is 2.27. The van der Waals surface area contributed by atoms with Crippen molar-refractivity contribution in [3.8, 4) is 11.3 Å². The van der Waals surface area contributed by atoms with E-state index >= 15 is 0 Å². The minimum Gasteiger partial charge on any atom is -0.321 e. The van der Waals surface area contributed by atoms with Crippen molar-refractivity contribution in [3.63, 3.8) is 0 Å². The number of nitrogens with one attached hydrogen (secondary N) is 1. The largest absolute Gasteiger partial charge is 0.321 e. The zero-order valence-corrected chi connectivity index (χ0v) is 16.7. The molecule has 1 amide bonds. The lowest BCUT2D eigenvalue weighted by Crippen LogP contribution is -2.11. The first-order chi connectivity index (χ1) is 12.5. The molecule has 1 aromatic carbocycles. The second-order valence-electron chi connectivity index (χ2n) is 6.21. The number of aromatic nitrogens is 2. The third-order valence-corrected chi connectivity index (χ3v) is 5.88. The average Bonchev–Trinajstić information content (AvgIpc) is 3.22. The number of imidazole rings is 1. The molecule has 4 rings (SSSR count). The van der Waals surface area contributed by atoms with Gasteiger partial charge in [-0.15, -0.1) is 11.3 Å². The maximum atomic E-state index is 12.5. The number of fused-ring (bicyclic) bond motifs is 1. The number of benzene rings is 1. The Labute approximate surface area is 163 Å². The van der Waals surface area contributed by atoms with Crippen molar-refractivity contribution >= 4 is 44.5 Å². The fourth-order valence-corrected chi connectivity index (χ4v) is 4.08. The lowest BCUT2D eigenvalue weighted by Gasteiger charge is -2.09. The maximum absolute atomic E-state index is 12.5. The van der Waals surface area contributed by atoms with Crippen LogP contribution in [0.3, 0.4) is 0 Å². The van der Waals surface area contributed by atoms with E-state index in [0.29, 0.717) is 4.88 Å². The van der Waals surface area contributed by atoms with Crippen LogP contribution in [0.25, 0.3) is 16.9 Å². The third-order valence-electron chi connectivity index (χ3n) is 4.19. The number of anilines is 1. The van der Waals surface area contributed by atoms with Gasteiger partial charge in [-0.3, -0.25) is 4.79 Å². The Morgan fingerprint density at radius 2 is 2.04 bits per heavy atom. The molecule has 0 radical (unpaired) electrons. The minimum absolute atomic E-state index is 0.105. The molecule has 26 heavy (non-hydrogen) atoms. The summed E-state index contributed by atoms with van der Waals surface area (Å²) < 4.78 is 2.92. The Morgan fingerprint density at radius 1 is 1.19 bits per heavy atom. The number of hydrogen-bond acceptors (Lipinski definition) is 3. The summed E-state index contributed by atoms with van der Waals surface area (Å²) in [6, 6.07) is 11.9. The molecule has 0 atom stereocenters. The van der Waals surface area contributed by atoms with Crippen LogP contribution >= 0.6 is 27.3 Å². The summed E-state index contributed by atoms with van der Waals surface area (Å²) in [5.41, 5.74) is 5.75. The van der Waals surface area contributed by atoms with Crippen LogP contribution in [0.2, 0.25) is 0 Å². The van der Waals surface area contributed by atoms with E-state index in [0.717, 1.165) is 32.6 Å². The Balaban J connectivity index is 1.67. The number of thiophene rings is 1. The second kappa shape index (κ2) is 6.70. The number of hydrogen-bond donors (Lipinski definition) is 1.